The standard InChI is InChI=1S/C23H29N3O7/c1-25(2)12-5-6-13(27)15-10(12)7-9-8-11-17(26(3)4)19(29)16(22(24)32)21(31)23(11,33)20(30)14(9)18(15)28/h9,11,14-17,33H,5-8H2,1-4H3,(H2,24,32). The Kier molecular flexibility index (Phi) is 5.44. The number of Topliss-reactive ketones (excluding diaryl/α,β-unsaturated/α-hetero) is 5. The first-order valence-electron chi connectivity index (χ1n) is 11.1. The molecule has 0 aromatic heterocycles. The molecule has 0 radical (unpaired) electrons. The highest BCUT2D eigenvalue weighted by Crippen LogP contribution is 2.52. The monoisotopic (exact) mass is 459 g/mol. The van der Waals surface area contributed by atoms with E-state index in [1.165, 1.54) is 4.90 Å². The fourth-order valence-corrected chi connectivity index (χ4v) is 6.54. The quantitative estimate of drug-likeness (QED) is 0.479. The van der Waals surface area contributed by atoms with E-state index in [2.05, 4.69) is 0 Å². The van der Waals surface area contributed by atoms with E-state index in [4.69, 9.17) is 5.73 Å². The molecule has 7 atom stereocenters. The molecule has 0 heterocycles. The molecule has 7 unspecified atom stereocenters. The maximum absolute atomic E-state index is 13.7. The van der Waals surface area contributed by atoms with Crippen molar-refractivity contribution < 1.29 is 33.9 Å². The zero-order chi connectivity index (χ0) is 24.6. The number of nitrogens with two attached hydrogens (primary N) is 1. The Bertz CT molecular complexity index is 1030. The Labute approximate surface area is 191 Å². The van der Waals surface area contributed by atoms with Crippen molar-refractivity contribution in [1.29, 1.82) is 0 Å². The second-order valence-electron chi connectivity index (χ2n) is 10.1. The molecular formula is C23H29N3O7. The summed E-state index contributed by atoms with van der Waals surface area (Å²) >= 11 is 0. The SMILES string of the molecule is CN(C)C1=C2CC3CC4C(N(C)C)C(=O)C(C(N)=O)C(=O)C4(O)C(=O)C3C(=O)C2C(=O)CC1. The topological polar surface area (TPSA) is 155 Å². The molecule has 33 heavy (non-hydrogen) atoms. The van der Waals surface area contributed by atoms with Gasteiger partial charge in [0.05, 0.1) is 17.9 Å². The van der Waals surface area contributed by atoms with Crippen LogP contribution in [-0.2, 0) is 28.8 Å². The number of hydrogen-bond acceptors (Lipinski definition) is 9. The van der Waals surface area contributed by atoms with Crippen LogP contribution in [0.1, 0.15) is 25.7 Å². The summed E-state index contributed by atoms with van der Waals surface area (Å²) in [6.45, 7) is 0. The lowest BCUT2D eigenvalue weighted by Crippen LogP contribution is -2.74. The van der Waals surface area contributed by atoms with Gasteiger partial charge in [0.2, 0.25) is 5.91 Å². The summed E-state index contributed by atoms with van der Waals surface area (Å²) in [6.07, 6.45) is 1.02. The number of hydrogen-bond donors (Lipinski definition) is 2. The molecule has 0 bridgehead atoms. The molecular weight excluding hydrogens is 430 g/mol. The average molecular weight is 459 g/mol. The van der Waals surface area contributed by atoms with Crippen molar-refractivity contribution in [3.8, 4) is 0 Å². The number of fused-ring (bicyclic) bond motifs is 3. The first-order chi connectivity index (χ1) is 15.3. The van der Waals surface area contributed by atoms with E-state index in [0.29, 0.717) is 18.4 Å². The second kappa shape index (κ2) is 7.66. The number of amides is 1. The van der Waals surface area contributed by atoms with Gasteiger partial charge in [-0.15, -0.1) is 0 Å². The first kappa shape index (κ1) is 23.4. The fraction of sp³-hybridized carbons (Fsp3) is 0.652. The van der Waals surface area contributed by atoms with Gasteiger partial charge in [-0.2, -0.15) is 0 Å². The van der Waals surface area contributed by atoms with Gasteiger partial charge in [0.1, 0.15) is 5.78 Å². The lowest BCUT2D eigenvalue weighted by Gasteiger charge is -2.53. The van der Waals surface area contributed by atoms with E-state index in [9.17, 15) is 33.9 Å². The second-order valence-corrected chi connectivity index (χ2v) is 10.1. The highest BCUT2D eigenvalue weighted by molar-refractivity contribution is 6.32. The van der Waals surface area contributed by atoms with Crippen molar-refractivity contribution in [2.45, 2.75) is 37.3 Å². The summed E-state index contributed by atoms with van der Waals surface area (Å²) in [5, 5.41) is 11.5. The van der Waals surface area contributed by atoms with E-state index in [1.54, 1.807) is 14.1 Å². The van der Waals surface area contributed by atoms with Gasteiger partial charge in [-0.25, -0.2) is 0 Å². The van der Waals surface area contributed by atoms with Gasteiger partial charge in [-0.1, -0.05) is 0 Å². The molecule has 10 heteroatoms. The number of allylic oxidation sites excluding steroid dienone is 2. The van der Waals surface area contributed by atoms with Crippen LogP contribution in [0.4, 0.5) is 0 Å². The Morgan fingerprint density at radius 1 is 1.00 bits per heavy atom. The molecule has 4 aliphatic carbocycles. The third kappa shape index (κ3) is 3.07. The Morgan fingerprint density at radius 2 is 1.64 bits per heavy atom. The summed E-state index contributed by atoms with van der Waals surface area (Å²) in [7, 11) is 6.78. The van der Waals surface area contributed by atoms with Crippen LogP contribution in [0.3, 0.4) is 0 Å². The number of nitrogens with zero attached hydrogens (tertiary/aromatic N) is 2. The molecule has 3 N–H and O–H groups in total. The van der Waals surface area contributed by atoms with Crippen molar-refractivity contribution in [2.24, 2.45) is 35.3 Å². The van der Waals surface area contributed by atoms with E-state index in [1.807, 2.05) is 19.0 Å². The van der Waals surface area contributed by atoms with E-state index < -0.39 is 70.3 Å². The Hall–Kier alpha value is -2.72. The predicted octanol–water partition coefficient (Wildman–Crippen LogP) is -1.51. The van der Waals surface area contributed by atoms with E-state index in [0.717, 1.165) is 5.70 Å². The maximum atomic E-state index is 13.7. The lowest BCUT2D eigenvalue weighted by molar-refractivity contribution is -0.184. The molecule has 4 rings (SSSR count). The van der Waals surface area contributed by atoms with Gasteiger partial charge in [0.15, 0.2) is 34.7 Å². The molecule has 10 nitrogen and oxygen atoms in total. The summed E-state index contributed by atoms with van der Waals surface area (Å²) in [5.74, 6) is -11.2. The number of ketones is 5. The van der Waals surface area contributed by atoms with Crippen LogP contribution in [0.5, 0.6) is 0 Å². The summed E-state index contributed by atoms with van der Waals surface area (Å²) in [6, 6.07) is -1.10. The van der Waals surface area contributed by atoms with Crippen molar-refractivity contribution >= 4 is 34.8 Å². The molecule has 0 saturated heterocycles. The number of primary amides is 1. The van der Waals surface area contributed by atoms with Gasteiger partial charge < -0.3 is 15.7 Å². The normalized spacial score (nSPS) is 38.8. The van der Waals surface area contributed by atoms with Gasteiger partial charge in [-0.05, 0) is 44.8 Å². The Morgan fingerprint density at radius 3 is 2.18 bits per heavy atom. The highest BCUT2D eigenvalue weighted by atomic mass is 16.3. The summed E-state index contributed by atoms with van der Waals surface area (Å²) in [5.41, 5.74) is 4.18. The third-order valence-electron chi connectivity index (χ3n) is 7.92. The van der Waals surface area contributed by atoms with Gasteiger partial charge in [0, 0.05) is 32.1 Å². The molecule has 0 aromatic rings. The number of rotatable bonds is 3. The molecule has 0 aromatic carbocycles. The Balaban J connectivity index is 1.85. The van der Waals surface area contributed by atoms with Crippen molar-refractivity contribution in [2.75, 3.05) is 28.2 Å². The first-order valence-corrected chi connectivity index (χ1v) is 11.1. The zero-order valence-corrected chi connectivity index (χ0v) is 19.2. The largest absolute Gasteiger partial charge is 0.381 e. The molecule has 3 fully saturated rings. The molecule has 4 aliphatic rings. The van der Waals surface area contributed by atoms with Crippen LogP contribution in [0.15, 0.2) is 11.3 Å². The van der Waals surface area contributed by atoms with E-state index in [-0.39, 0.29) is 18.6 Å². The van der Waals surface area contributed by atoms with Gasteiger partial charge in [0.25, 0.3) is 0 Å². The summed E-state index contributed by atoms with van der Waals surface area (Å²) < 4.78 is 0. The zero-order valence-electron chi connectivity index (χ0n) is 19.2. The highest BCUT2D eigenvalue weighted by Gasteiger charge is 2.70. The van der Waals surface area contributed by atoms with Crippen LogP contribution >= 0.6 is 0 Å². The van der Waals surface area contributed by atoms with Crippen molar-refractivity contribution in [3.05, 3.63) is 11.3 Å². The molecule has 0 aliphatic heterocycles. The van der Waals surface area contributed by atoms with Crippen LogP contribution in [0, 0.1) is 29.6 Å². The van der Waals surface area contributed by atoms with E-state index >= 15 is 0 Å². The number of carbonyl (C=O) groups is 6. The smallest absolute Gasteiger partial charge is 0.235 e. The number of likely N-dealkylation sites (N-methyl/N-ethyl adjacent to an activating group) is 1. The fourth-order valence-electron chi connectivity index (χ4n) is 6.54. The van der Waals surface area contributed by atoms with Crippen LogP contribution in [-0.4, -0.2) is 89.6 Å². The molecule has 3 saturated carbocycles. The minimum absolute atomic E-state index is 0.0512. The van der Waals surface area contributed by atoms with Crippen LogP contribution in [0.2, 0.25) is 0 Å². The summed E-state index contributed by atoms with van der Waals surface area (Å²) in [4.78, 5) is 81.4. The third-order valence-corrected chi connectivity index (χ3v) is 7.92. The molecule has 1 amide bonds. The van der Waals surface area contributed by atoms with Crippen LogP contribution in [0.25, 0.3) is 0 Å². The molecule has 178 valence electrons. The number of aliphatic hydroxyl groups is 1. The van der Waals surface area contributed by atoms with Gasteiger partial charge >= 0.3 is 0 Å². The van der Waals surface area contributed by atoms with Crippen LogP contribution < -0.4 is 5.73 Å². The minimum atomic E-state index is -2.69. The predicted molar refractivity (Wildman–Crippen MR) is 113 cm³/mol. The van der Waals surface area contributed by atoms with Crippen molar-refractivity contribution in [1.82, 2.24) is 9.80 Å². The maximum Gasteiger partial charge on any atom is 0.235 e. The number of carbonyl (C=O) groups excluding carboxylic acids is 6. The lowest BCUT2D eigenvalue weighted by atomic mass is 9.50. The average Bonchev–Trinajstić information content (AvgIpc) is 2.70. The minimum Gasteiger partial charge on any atom is -0.381 e. The van der Waals surface area contributed by atoms with Gasteiger partial charge in [-0.3, -0.25) is 33.7 Å². The molecule has 0 spiro atoms. The van der Waals surface area contributed by atoms with Crippen molar-refractivity contribution in [3.63, 3.8) is 0 Å².